The topological polar surface area (TPSA) is 35.5 Å². The molecule has 3 nitrogen and oxygen atoms in total. The summed E-state index contributed by atoms with van der Waals surface area (Å²) in [4.78, 5) is 1.94. The third-order valence-corrected chi connectivity index (χ3v) is 2.67. The van der Waals surface area contributed by atoms with Gasteiger partial charge in [-0.05, 0) is 17.8 Å². The van der Waals surface area contributed by atoms with E-state index in [2.05, 4.69) is 11.9 Å². The Kier molecular flexibility index (Phi) is 6.29. The zero-order valence-corrected chi connectivity index (χ0v) is 10.6. The fourth-order valence-corrected chi connectivity index (χ4v) is 1.69. The minimum Gasteiger partial charge on any atom is -0.395 e. The number of rotatable bonds is 6. The molecule has 0 saturated carbocycles. The van der Waals surface area contributed by atoms with Crippen LogP contribution >= 0.6 is 12.2 Å². The van der Waals surface area contributed by atoms with Crippen molar-refractivity contribution >= 4 is 17.3 Å². The largest absolute Gasteiger partial charge is 0.395 e. The first kappa shape index (κ1) is 13.7. The highest BCUT2D eigenvalue weighted by molar-refractivity contribution is 7.80. The standard InChI is InChI=1S/C13H18N2OS/c1-2-8-14-13(17)15(9-10-16)11-12-6-4-3-5-7-12/h2-7,16H,1,8-11H2,(H,14,17). The number of aliphatic hydroxyl groups excluding tert-OH is 1. The van der Waals surface area contributed by atoms with Crippen LogP contribution in [0.15, 0.2) is 43.0 Å². The number of nitrogens with one attached hydrogen (secondary N) is 1. The van der Waals surface area contributed by atoms with Gasteiger partial charge in [-0.15, -0.1) is 6.58 Å². The van der Waals surface area contributed by atoms with Gasteiger partial charge in [0, 0.05) is 19.6 Å². The molecule has 0 heterocycles. The van der Waals surface area contributed by atoms with Gasteiger partial charge in [-0.1, -0.05) is 36.4 Å². The fraction of sp³-hybridized carbons (Fsp3) is 0.308. The average Bonchev–Trinajstić information content (AvgIpc) is 2.36. The van der Waals surface area contributed by atoms with Gasteiger partial charge in [0.2, 0.25) is 0 Å². The molecule has 0 unspecified atom stereocenters. The summed E-state index contributed by atoms with van der Waals surface area (Å²) in [6.45, 7) is 5.58. The van der Waals surface area contributed by atoms with Crippen LogP contribution in [0.25, 0.3) is 0 Å². The van der Waals surface area contributed by atoms with Crippen LogP contribution in [-0.2, 0) is 6.54 Å². The lowest BCUT2D eigenvalue weighted by Gasteiger charge is -2.24. The summed E-state index contributed by atoms with van der Waals surface area (Å²) in [6, 6.07) is 10.1. The molecule has 0 radical (unpaired) electrons. The van der Waals surface area contributed by atoms with Crippen LogP contribution < -0.4 is 5.32 Å². The summed E-state index contributed by atoms with van der Waals surface area (Å²) in [7, 11) is 0. The maximum atomic E-state index is 9.04. The van der Waals surface area contributed by atoms with Gasteiger partial charge in [0.25, 0.3) is 0 Å². The molecule has 0 fully saturated rings. The molecular weight excluding hydrogens is 232 g/mol. The van der Waals surface area contributed by atoms with Gasteiger partial charge in [0.15, 0.2) is 5.11 Å². The molecule has 0 aliphatic rings. The molecule has 0 aliphatic carbocycles. The minimum atomic E-state index is 0.0861. The van der Waals surface area contributed by atoms with Crippen molar-refractivity contribution in [3.8, 4) is 0 Å². The van der Waals surface area contributed by atoms with E-state index in [1.165, 1.54) is 5.56 Å². The number of benzene rings is 1. The Morgan fingerprint density at radius 2 is 2.12 bits per heavy atom. The van der Waals surface area contributed by atoms with Crippen molar-refractivity contribution in [1.82, 2.24) is 10.2 Å². The molecule has 0 spiro atoms. The first-order chi connectivity index (χ1) is 8.27. The Balaban J connectivity index is 2.59. The lowest BCUT2D eigenvalue weighted by molar-refractivity contribution is 0.245. The Bertz CT molecular complexity index is 354. The predicted molar refractivity (Wildman–Crippen MR) is 74.7 cm³/mol. The number of hydrogen-bond acceptors (Lipinski definition) is 2. The van der Waals surface area contributed by atoms with E-state index in [0.29, 0.717) is 24.7 Å². The van der Waals surface area contributed by atoms with E-state index >= 15 is 0 Å². The van der Waals surface area contributed by atoms with Crippen LogP contribution in [0.1, 0.15) is 5.56 Å². The van der Waals surface area contributed by atoms with E-state index in [1.54, 1.807) is 6.08 Å². The second kappa shape index (κ2) is 7.81. The van der Waals surface area contributed by atoms with Gasteiger partial charge < -0.3 is 15.3 Å². The van der Waals surface area contributed by atoms with E-state index < -0.39 is 0 Å². The highest BCUT2D eigenvalue weighted by Gasteiger charge is 2.08. The highest BCUT2D eigenvalue weighted by atomic mass is 32.1. The van der Waals surface area contributed by atoms with Crippen molar-refractivity contribution in [2.24, 2.45) is 0 Å². The Hall–Kier alpha value is -1.39. The Morgan fingerprint density at radius 1 is 1.41 bits per heavy atom. The van der Waals surface area contributed by atoms with Gasteiger partial charge in [-0.3, -0.25) is 0 Å². The normalized spacial score (nSPS) is 9.71. The summed E-state index contributed by atoms with van der Waals surface area (Å²) in [5.41, 5.74) is 1.17. The molecule has 0 atom stereocenters. The monoisotopic (exact) mass is 250 g/mol. The smallest absolute Gasteiger partial charge is 0.169 e. The summed E-state index contributed by atoms with van der Waals surface area (Å²) in [6.07, 6.45) is 1.76. The summed E-state index contributed by atoms with van der Waals surface area (Å²) >= 11 is 5.26. The quantitative estimate of drug-likeness (QED) is 0.593. The van der Waals surface area contributed by atoms with Crippen molar-refractivity contribution in [2.75, 3.05) is 19.7 Å². The number of nitrogens with zero attached hydrogens (tertiary/aromatic N) is 1. The molecule has 1 aromatic carbocycles. The van der Waals surface area contributed by atoms with Crippen LogP contribution in [0, 0.1) is 0 Å². The van der Waals surface area contributed by atoms with E-state index in [-0.39, 0.29) is 6.61 Å². The van der Waals surface area contributed by atoms with Crippen LogP contribution in [0.4, 0.5) is 0 Å². The van der Waals surface area contributed by atoms with Crippen molar-refractivity contribution in [3.05, 3.63) is 48.6 Å². The second-order valence-electron chi connectivity index (χ2n) is 3.61. The zero-order chi connectivity index (χ0) is 12.5. The SMILES string of the molecule is C=CCNC(=S)N(CCO)Cc1ccccc1. The molecule has 0 amide bonds. The maximum Gasteiger partial charge on any atom is 0.169 e. The van der Waals surface area contributed by atoms with Gasteiger partial charge in [-0.25, -0.2) is 0 Å². The van der Waals surface area contributed by atoms with Crippen molar-refractivity contribution in [2.45, 2.75) is 6.54 Å². The van der Waals surface area contributed by atoms with Crippen LogP contribution in [0.5, 0.6) is 0 Å². The molecule has 1 rings (SSSR count). The minimum absolute atomic E-state index is 0.0861. The predicted octanol–water partition coefficient (Wildman–Crippen LogP) is 1.54. The van der Waals surface area contributed by atoms with Gasteiger partial charge in [0.1, 0.15) is 0 Å². The molecule has 92 valence electrons. The highest BCUT2D eigenvalue weighted by Crippen LogP contribution is 2.04. The zero-order valence-electron chi connectivity index (χ0n) is 9.80. The number of thiocarbonyl (C=S) groups is 1. The van der Waals surface area contributed by atoms with Gasteiger partial charge in [0.05, 0.1) is 6.61 Å². The van der Waals surface area contributed by atoms with Crippen molar-refractivity contribution in [1.29, 1.82) is 0 Å². The van der Waals surface area contributed by atoms with Crippen molar-refractivity contribution in [3.63, 3.8) is 0 Å². The van der Waals surface area contributed by atoms with Crippen LogP contribution in [0.3, 0.4) is 0 Å². The van der Waals surface area contributed by atoms with E-state index in [9.17, 15) is 0 Å². The molecule has 0 bridgehead atoms. The summed E-state index contributed by atoms with van der Waals surface area (Å²) < 4.78 is 0. The lowest BCUT2D eigenvalue weighted by Crippen LogP contribution is -2.40. The first-order valence-corrected chi connectivity index (χ1v) is 5.97. The molecule has 0 aliphatic heterocycles. The molecule has 0 aromatic heterocycles. The molecule has 1 aromatic rings. The lowest BCUT2D eigenvalue weighted by atomic mass is 10.2. The van der Waals surface area contributed by atoms with Gasteiger partial charge in [-0.2, -0.15) is 0 Å². The average molecular weight is 250 g/mol. The number of hydrogen-bond donors (Lipinski definition) is 2. The fourth-order valence-electron chi connectivity index (χ4n) is 1.45. The molecule has 4 heteroatoms. The molecular formula is C13H18N2OS. The Labute approximate surface area is 108 Å². The number of aliphatic hydroxyl groups is 1. The second-order valence-corrected chi connectivity index (χ2v) is 3.99. The van der Waals surface area contributed by atoms with Crippen LogP contribution in [-0.4, -0.2) is 34.8 Å². The first-order valence-electron chi connectivity index (χ1n) is 5.56. The van der Waals surface area contributed by atoms with E-state index in [0.717, 1.165) is 0 Å². The van der Waals surface area contributed by atoms with Crippen molar-refractivity contribution < 1.29 is 5.11 Å². The summed E-state index contributed by atoms with van der Waals surface area (Å²) in [5, 5.41) is 12.7. The maximum absolute atomic E-state index is 9.04. The molecule has 2 N–H and O–H groups in total. The third kappa shape index (κ3) is 4.97. The van der Waals surface area contributed by atoms with E-state index in [1.807, 2.05) is 35.2 Å². The molecule has 17 heavy (non-hydrogen) atoms. The van der Waals surface area contributed by atoms with Crippen LogP contribution in [0.2, 0.25) is 0 Å². The molecule has 0 saturated heterocycles. The summed E-state index contributed by atoms with van der Waals surface area (Å²) in [5.74, 6) is 0. The van der Waals surface area contributed by atoms with Gasteiger partial charge >= 0.3 is 0 Å². The van der Waals surface area contributed by atoms with E-state index in [4.69, 9.17) is 17.3 Å². The Morgan fingerprint density at radius 3 is 2.71 bits per heavy atom. The third-order valence-electron chi connectivity index (χ3n) is 2.27.